The van der Waals surface area contributed by atoms with Crippen molar-refractivity contribution in [1.82, 2.24) is 24.6 Å². The molecule has 0 saturated carbocycles. The zero-order chi connectivity index (χ0) is 24.4. The molecular weight excluding hydrogens is 486 g/mol. The van der Waals surface area contributed by atoms with Crippen LogP contribution in [0, 0.1) is 0 Å². The molecule has 2 aliphatic rings. The lowest BCUT2D eigenvalue weighted by atomic mass is 10.0. The molecule has 2 aliphatic heterocycles. The lowest BCUT2D eigenvalue weighted by Crippen LogP contribution is -2.71. The predicted molar refractivity (Wildman–Crippen MR) is 121 cm³/mol. The predicted octanol–water partition coefficient (Wildman–Crippen LogP) is -1.44. The molecule has 34 heavy (non-hydrogen) atoms. The number of carboxylic acids is 1. The van der Waals surface area contributed by atoms with Gasteiger partial charge in [-0.15, -0.1) is 11.8 Å². The Morgan fingerprint density at radius 1 is 1.44 bits per heavy atom. The molecule has 2 amide bonds. The number of anilines is 2. The van der Waals surface area contributed by atoms with Gasteiger partial charge in [0.1, 0.15) is 29.9 Å². The zero-order valence-electron chi connectivity index (χ0n) is 17.7. The van der Waals surface area contributed by atoms with Gasteiger partial charge in [-0.3, -0.25) is 20.2 Å². The van der Waals surface area contributed by atoms with Crippen molar-refractivity contribution in [3.05, 3.63) is 35.6 Å². The maximum absolute atomic E-state index is 12.9. The Balaban J connectivity index is 1.54. The van der Waals surface area contributed by atoms with Crippen molar-refractivity contribution in [1.29, 1.82) is 0 Å². The average molecular weight is 507 g/mol. The molecule has 0 radical (unpaired) electrons. The molecule has 2 atom stereocenters. The van der Waals surface area contributed by atoms with Crippen molar-refractivity contribution in [2.24, 2.45) is 5.16 Å². The highest BCUT2D eigenvalue weighted by Gasteiger charge is 2.54. The van der Waals surface area contributed by atoms with Gasteiger partial charge in [0, 0.05) is 28.9 Å². The van der Waals surface area contributed by atoms with Gasteiger partial charge >= 0.3 is 11.9 Å². The van der Waals surface area contributed by atoms with Crippen molar-refractivity contribution in [2.75, 3.05) is 23.8 Å². The summed E-state index contributed by atoms with van der Waals surface area (Å²) in [5.41, 5.74) is 11.6. The Bertz CT molecular complexity index is 1210. The smallest absolute Gasteiger partial charge is 0.389 e. The van der Waals surface area contributed by atoms with E-state index >= 15 is 0 Å². The zero-order valence-corrected chi connectivity index (χ0v) is 19.4. The van der Waals surface area contributed by atoms with Gasteiger partial charge in [0.25, 0.3) is 11.8 Å². The Hall–Kier alpha value is -3.79. The largest absolute Gasteiger partial charge is 0.477 e. The number of nitrogens with two attached hydrogens (primary N) is 2. The molecule has 1 fully saturated rings. The number of nitrogens with zero attached hydrogens (tertiary/aromatic N) is 6. The summed E-state index contributed by atoms with van der Waals surface area (Å²) in [5, 5.41) is 15.7. The fraction of sp³-hybridized carbons (Fsp3) is 0.333. The van der Waals surface area contributed by atoms with Crippen LogP contribution in [-0.2, 0) is 25.8 Å². The van der Waals surface area contributed by atoms with Crippen molar-refractivity contribution in [3.63, 3.8) is 0 Å². The highest BCUT2D eigenvalue weighted by atomic mass is 32.2. The third-order valence-electron chi connectivity index (χ3n) is 4.90. The summed E-state index contributed by atoms with van der Waals surface area (Å²) in [6.45, 7) is 2.03. The standard InChI is InChI=1S/C18H19N9O5S2/c1-2-32-24-9(12-23-18(20)34-25-12)13(28)22-10-14(29)27-11(16(30)31)8(7-33-15(10)27)6-26-5-3-4-21-17(26)19/h3-5,10,15,19H,2,6-7H2,1H3,(H4,20,22,23,25,28,30,31)/p+1/t10?,15-/m1/s1. The van der Waals surface area contributed by atoms with Crippen LogP contribution in [0.1, 0.15) is 12.7 Å². The summed E-state index contributed by atoms with van der Waals surface area (Å²) in [6.07, 6.45) is 3.19. The van der Waals surface area contributed by atoms with Crippen LogP contribution >= 0.6 is 23.3 Å². The number of carbonyl (C=O) groups excluding carboxylic acids is 2. The van der Waals surface area contributed by atoms with Gasteiger partial charge in [0.2, 0.25) is 11.5 Å². The van der Waals surface area contributed by atoms with Crippen LogP contribution in [-0.4, -0.2) is 71.6 Å². The van der Waals surface area contributed by atoms with Crippen LogP contribution in [0.3, 0.4) is 0 Å². The van der Waals surface area contributed by atoms with E-state index in [1.54, 1.807) is 23.8 Å². The maximum Gasteiger partial charge on any atom is 0.389 e. The summed E-state index contributed by atoms with van der Waals surface area (Å²) in [7, 11) is 0. The third kappa shape index (κ3) is 4.36. The molecule has 1 saturated heterocycles. The molecule has 16 heteroatoms. The Morgan fingerprint density at radius 2 is 2.24 bits per heavy atom. The third-order valence-corrected chi connectivity index (χ3v) is 6.79. The van der Waals surface area contributed by atoms with E-state index in [4.69, 9.17) is 16.3 Å². The first kappa shape index (κ1) is 23.4. The number of nitrogen functional groups attached to an aromatic ring is 2. The number of hydrogen-bond donors (Lipinski definition) is 4. The molecule has 4 rings (SSSR count). The van der Waals surface area contributed by atoms with E-state index in [2.05, 4.69) is 24.8 Å². The highest BCUT2D eigenvalue weighted by molar-refractivity contribution is 8.00. The lowest BCUT2D eigenvalue weighted by Gasteiger charge is -2.49. The lowest BCUT2D eigenvalue weighted by molar-refractivity contribution is -0.677. The summed E-state index contributed by atoms with van der Waals surface area (Å²) >= 11 is 2.21. The van der Waals surface area contributed by atoms with Crippen LogP contribution in [0.4, 0.5) is 11.1 Å². The Kier molecular flexibility index (Phi) is 6.60. The van der Waals surface area contributed by atoms with Gasteiger partial charge in [-0.25, -0.2) is 9.36 Å². The second-order valence-corrected chi connectivity index (χ2v) is 8.93. The minimum absolute atomic E-state index is 0.0344. The summed E-state index contributed by atoms with van der Waals surface area (Å²) < 4.78 is 5.55. The molecular formula is C18H20N9O5S2+. The first-order chi connectivity index (χ1) is 16.3. The first-order valence-electron chi connectivity index (χ1n) is 9.92. The second-order valence-electron chi connectivity index (χ2n) is 7.04. The number of aromatic nitrogens is 4. The molecule has 178 valence electrons. The summed E-state index contributed by atoms with van der Waals surface area (Å²) in [5.74, 6) is -2.06. The highest BCUT2D eigenvalue weighted by Crippen LogP contribution is 2.40. The number of fused-ring (bicyclic) bond motifs is 1. The summed E-state index contributed by atoms with van der Waals surface area (Å²) in [6, 6.07) is 0.704. The van der Waals surface area contributed by atoms with E-state index in [1.165, 1.54) is 22.9 Å². The molecule has 2 aromatic heterocycles. The maximum atomic E-state index is 12.9. The molecule has 0 aliphatic carbocycles. The van der Waals surface area contributed by atoms with E-state index < -0.39 is 29.2 Å². The molecule has 0 aromatic carbocycles. The monoisotopic (exact) mass is 506 g/mol. The average Bonchev–Trinajstić information content (AvgIpc) is 3.24. The van der Waals surface area contributed by atoms with Crippen LogP contribution in [0.2, 0.25) is 0 Å². The number of carboxylic acid groups (broad SMARTS) is 1. The molecule has 0 bridgehead atoms. The van der Waals surface area contributed by atoms with E-state index in [9.17, 15) is 19.5 Å². The van der Waals surface area contributed by atoms with E-state index in [-0.39, 0.29) is 41.5 Å². The Labute approximate surface area is 200 Å². The van der Waals surface area contributed by atoms with Gasteiger partial charge in [0.05, 0.1) is 12.7 Å². The molecule has 2 aromatic rings. The number of thioether (sulfide) groups is 1. The fourth-order valence-corrected chi connectivity index (χ4v) is 5.18. The quantitative estimate of drug-likeness (QED) is 0.141. The number of carbonyl (C=O) groups is 3. The van der Waals surface area contributed by atoms with Gasteiger partial charge in [-0.05, 0) is 6.92 Å². The molecule has 14 nitrogen and oxygen atoms in total. The number of nitrogens with one attached hydrogen (secondary N) is 1. The van der Waals surface area contributed by atoms with Gasteiger partial charge in [-0.2, -0.15) is 9.36 Å². The minimum atomic E-state index is -1.25. The second kappa shape index (κ2) is 9.60. The molecule has 0 spiro atoms. The number of hydrogen-bond acceptors (Lipinski definition) is 12. The van der Waals surface area contributed by atoms with Crippen LogP contribution < -0.4 is 21.4 Å². The van der Waals surface area contributed by atoms with Gasteiger partial charge in [0.15, 0.2) is 5.13 Å². The van der Waals surface area contributed by atoms with Crippen molar-refractivity contribution < 1.29 is 28.9 Å². The number of rotatable bonds is 8. The summed E-state index contributed by atoms with van der Waals surface area (Å²) in [4.78, 5) is 51.9. The van der Waals surface area contributed by atoms with E-state index in [0.717, 1.165) is 11.5 Å². The van der Waals surface area contributed by atoms with Crippen LogP contribution in [0.15, 0.2) is 34.9 Å². The molecule has 4 heterocycles. The fourth-order valence-electron chi connectivity index (χ4n) is 3.41. The number of aliphatic carboxylic acids is 1. The van der Waals surface area contributed by atoms with Crippen LogP contribution in [0.25, 0.3) is 0 Å². The molecule has 1 unspecified atom stereocenters. The number of amides is 2. The number of oxime groups is 1. The topological polar surface area (TPSA) is 203 Å². The van der Waals surface area contributed by atoms with Crippen LogP contribution in [0.5, 0.6) is 0 Å². The van der Waals surface area contributed by atoms with E-state index in [1.807, 2.05) is 0 Å². The van der Waals surface area contributed by atoms with E-state index in [0.29, 0.717) is 11.3 Å². The SMILES string of the molecule is CCON=C(C(=O)NC1C(=O)N2C(C(=O)O)=C(C[n+]3cccnc3N)CS[C@H]12)c1nsc(N)n1. The van der Waals surface area contributed by atoms with Gasteiger partial charge in [-0.1, -0.05) is 10.1 Å². The van der Waals surface area contributed by atoms with Crippen molar-refractivity contribution in [3.8, 4) is 0 Å². The molecule has 6 N–H and O–H groups in total. The van der Waals surface area contributed by atoms with Crippen molar-refractivity contribution in [2.45, 2.75) is 24.9 Å². The van der Waals surface area contributed by atoms with Gasteiger partial charge < -0.3 is 21.0 Å². The Morgan fingerprint density at radius 3 is 2.88 bits per heavy atom. The van der Waals surface area contributed by atoms with Crippen molar-refractivity contribution >= 4 is 57.9 Å². The first-order valence-corrected chi connectivity index (χ1v) is 11.7. The number of β-lactam (4-membered cyclic amide) rings is 1. The normalized spacial score (nSPS) is 20.0. The minimum Gasteiger partial charge on any atom is -0.477 e.